The van der Waals surface area contributed by atoms with Crippen molar-refractivity contribution in [2.24, 2.45) is 7.05 Å². The van der Waals surface area contributed by atoms with Crippen LogP contribution in [0.3, 0.4) is 0 Å². The normalized spacial score (nSPS) is 18.1. The molecular formula is C11H16N2O5S. The lowest BCUT2D eigenvalue weighted by Gasteiger charge is -2.38. The van der Waals surface area contributed by atoms with Crippen LogP contribution in [0.15, 0.2) is 11.0 Å². The summed E-state index contributed by atoms with van der Waals surface area (Å²) in [6.07, 6.45) is 0. The van der Waals surface area contributed by atoms with Gasteiger partial charge in [0.2, 0.25) is 10.0 Å². The van der Waals surface area contributed by atoms with E-state index in [1.807, 2.05) is 0 Å². The third kappa shape index (κ3) is 2.38. The number of carboxylic acids is 1. The summed E-state index contributed by atoms with van der Waals surface area (Å²) in [7, 11) is -2.24. The molecule has 0 saturated carbocycles. The van der Waals surface area contributed by atoms with Crippen molar-refractivity contribution in [1.29, 1.82) is 0 Å². The molecule has 0 amide bonds. The van der Waals surface area contributed by atoms with Gasteiger partial charge in [0.15, 0.2) is 0 Å². The highest BCUT2D eigenvalue weighted by atomic mass is 32.2. The van der Waals surface area contributed by atoms with Gasteiger partial charge < -0.3 is 14.4 Å². The van der Waals surface area contributed by atoms with Crippen LogP contribution >= 0.6 is 0 Å². The first-order chi connectivity index (χ1) is 8.66. The largest absolute Gasteiger partial charge is 0.477 e. The minimum absolute atomic E-state index is 0.0134. The van der Waals surface area contributed by atoms with Gasteiger partial charge in [-0.15, -0.1) is 0 Å². The standard InChI is InChI=1S/C11H16N2O5S/c1-7-9(4-8(10(14)15)13(7)3)19(16,17)12-11(2)5-18-6-11/h4,12H,5-6H2,1-3H3,(H,14,15). The van der Waals surface area contributed by atoms with Crippen molar-refractivity contribution < 1.29 is 23.1 Å². The highest BCUT2D eigenvalue weighted by Gasteiger charge is 2.39. The number of nitrogens with zero attached hydrogens (tertiary/aromatic N) is 1. The van der Waals surface area contributed by atoms with Crippen LogP contribution in [-0.2, 0) is 21.8 Å². The topological polar surface area (TPSA) is 97.6 Å². The van der Waals surface area contributed by atoms with E-state index >= 15 is 0 Å². The molecule has 0 aromatic carbocycles. The van der Waals surface area contributed by atoms with E-state index in [2.05, 4.69) is 4.72 Å². The SMILES string of the molecule is Cc1c(S(=O)(=O)NC2(C)COC2)cc(C(=O)O)n1C. The van der Waals surface area contributed by atoms with Crippen LogP contribution < -0.4 is 4.72 Å². The zero-order valence-electron chi connectivity index (χ0n) is 10.9. The third-order valence-corrected chi connectivity index (χ3v) is 4.97. The Morgan fingerprint density at radius 1 is 1.53 bits per heavy atom. The number of sulfonamides is 1. The number of carbonyl (C=O) groups is 1. The lowest BCUT2D eigenvalue weighted by molar-refractivity contribution is -0.0523. The number of nitrogens with one attached hydrogen (secondary N) is 1. The number of hydrogen-bond donors (Lipinski definition) is 2. The van der Waals surface area contributed by atoms with Crippen molar-refractivity contribution >= 4 is 16.0 Å². The van der Waals surface area contributed by atoms with Crippen molar-refractivity contribution in [2.75, 3.05) is 13.2 Å². The van der Waals surface area contributed by atoms with E-state index in [4.69, 9.17) is 9.84 Å². The fraction of sp³-hybridized carbons (Fsp3) is 0.545. The van der Waals surface area contributed by atoms with Crippen LogP contribution in [0, 0.1) is 6.92 Å². The Morgan fingerprint density at radius 2 is 2.11 bits per heavy atom. The summed E-state index contributed by atoms with van der Waals surface area (Å²) in [5, 5.41) is 9.00. The second-order valence-electron chi connectivity index (χ2n) is 5.00. The van der Waals surface area contributed by atoms with E-state index in [9.17, 15) is 13.2 Å². The monoisotopic (exact) mass is 288 g/mol. The summed E-state index contributed by atoms with van der Waals surface area (Å²) >= 11 is 0. The second-order valence-corrected chi connectivity index (χ2v) is 6.65. The first-order valence-corrected chi connectivity index (χ1v) is 7.16. The highest BCUT2D eigenvalue weighted by molar-refractivity contribution is 7.89. The Balaban J connectivity index is 2.41. The highest BCUT2D eigenvalue weighted by Crippen LogP contribution is 2.24. The van der Waals surface area contributed by atoms with Gasteiger partial charge in [-0.2, -0.15) is 0 Å². The average Bonchev–Trinajstić information content (AvgIpc) is 2.54. The predicted molar refractivity (Wildman–Crippen MR) is 66.7 cm³/mol. The van der Waals surface area contributed by atoms with Crippen LogP contribution in [0.4, 0.5) is 0 Å². The summed E-state index contributed by atoms with van der Waals surface area (Å²) in [6, 6.07) is 1.17. The number of aromatic nitrogens is 1. The number of rotatable bonds is 4. The van der Waals surface area contributed by atoms with Gasteiger partial charge in [-0.1, -0.05) is 0 Å². The van der Waals surface area contributed by atoms with Crippen molar-refractivity contribution in [3.63, 3.8) is 0 Å². The quantitative estimate of drug-likeness (QED) is 0.819. The third-order valence-electron chi connectivity index (χ3n) is 3.22. The van der Waals surface area contributed by atoms with Gasteiger partial charge in [0.1, 0.15) is 10.6 Å². The Hall–Kier alpha value is -1.38. The molecule has 1 saturated heterocycles. The van der Waals surface area contributed by atoms with Crippen LogP contribution in [0.1, 0.15) is 23.1 Å². The fourth-order valence-corrected chi connectivity index (χ4v) is 3.66. The van der Waals surface area contributed by atoms with Gasteiger partial charge in [0.05, 0.1) is 18.8 Å². The van der Waals surface area contributed by atoms with E-state index < -0.39 is 21.5 Å². The maximum Gasteiger partial charge on any atom is 0.352 e. The number of ether oxygens (including phenoxy) is 1. The molecule has 2 heterocycles. The number of aromatic carboxylic acids is 1. The zero-order valence-corrected chi connectivity index (χ0v) is 11.7. The van der Waals surface area contributed by atoms with E-state index in [0.29, 0.717) is 18.9 Å². The van der Waals surface area contributed by atoms with E-state index in [1.165, 1.54) is 17.7 Å². The minimum atomic E-state index is -3.76. The van der Waals surface area contributed by atoms with Crippen LogP contribution in [0.5, 0.6) is 0 Å². The Bertz CT molecular complexity index is 628. The summed E-state index contributed by atoms with van der Waals surface area (Å²) in [5.74, 6) is -1.16. The lowest BCUT2D eigenvalue weighted by Crippen LogP contribution is -2.59. The van der Waals surface area contributed by atoms with Crippen LogP contribution in [-0.4, -0.2) is 42.8 Å². The van der Waals surface area contributed by atoms with Gasteiger partial charge in [-0.25, -0.2) is 17.9 Å². The fourth-order valence-electron chi connectivity index (χ4n) is 2.00. The minimum Gasteiger partial charge on any atom is -0.477 e. The maximum absolute atomic E-state index is 12.3. The van der Waals surface area contributed by atoms with Crippen LogP contribution in [0.25, 0.3) is 0 Å². The molecule has 0 bridgehead atoms. The maximum atomic E-state index is 12.3. The summed E-state index contributed by atoms with van der Waals surface area (Å²) < 4.78 is 33.4. The number of hydrogen-bond acceptors (Lipinski definition) is 4. The van der Waals surface area contributed by atoms with E-state index in [-0.39, 0.29) is 10.6 Å². The summed E-state index contributed by atoms with van der Waals surface area (Å²) in [4.78, 5) is 11.0. The van der Waals surface area contributed by atoms with Crippen molar-refractivity contribution in [3.05, 3.63) is 17.5 Å². The van der Waals surface area contributed by atoms with Gasteiger partial charge in [0.25, 0.3) is 0 Å². The number of carboxylic acid groups (broad SMARTS) is 1. The predicted octanol–water partition coefficient (Wildman–Crippen LogP) is 0.0989. The lowest BCUT2D eigenvalue weighted by atomic mass is 10.0. The van der Waals surface area contributed by atoms with E-state index in [0.717, 1.165) is 0 Å². The molecule has 2 rings (SSSR count). The molecule has 0 atom stereocenters. The first-order valence-electron chi connectivity index (χ1n) is 5.68. The molecule has 1 aromatic rings. The molecule has 1 aliphatic rings. The summed E-state index contributed by atoms with van der Waals surface area (Å²) in [6.45, 7) is 3.93. The molecule has 1 aromatic heterocycles. The van der Waals surface area contributed by atoms with Gasteiger partial charge >= 0.3 is 5.97 Å². The molecule has 106 valence electrons. The molecule has 0 unspecified atom stereocenters. The Labute approximate surface area is 111 Å². The molecule has 1 aliphatic heterocycles. The van der Waals surface area contributed by atoms with Crippen molar-refractivity contribution in [1.82, 2.24) is 9.29 Å². The molecule has 2 N–H and O–H groups in total. The zero-order chi connectivity index (χ0) is 14.4. The molecule has 8 heteroatoms. The van der Waals surface area contributed by atoms with Gasteiger partial charge in [-0.05, 0) is 19.9 Å². The molecular weight excluding hydrogens is 272 g/mol. The van der Waals surface area contributed by atoms with Crippen molar-refractivity contribution in [2.45, 2.75) is 24.3 Å². The van der Waals surface area contributed by atoms with Crippen LogP contribution in [0.2, 0.25) is 0 Å². The van der Waals surface area contributed by atoms with Crippen molar-refractivity contribution in [3.8, 4) is 0 Å². The molecule has 1 fully saturated rings. The summed E-state index contributed by atoms with van der Waals surface area (Å²) in [5.41, 5.74) is -0.300. The molecule has 0 spiro atoms. The Kier molecular flexibility index (Phi) is 3.20. The molecule has 0 aliphatic carbocycles. The molecule has 7 nitrogen and oxygen atoms in total. The average molecular weight is 288 g/mol. The second kappa shape index (κ2) is 4.32. The smallest absolute Gasteiger partial charge is 0.352 e. The molecule has 0 radical (unpaired) electrons. The van der Waals surface area contributed by atoms with Gasteiger partial charge in [-0.3, -0.25) is 0 Å². The first kappa shape index (κ1) is 14.0. The van der Waals surface area contributed by atoms with E-state index in [1.54, 1.807) is 13.8 Å². The molecule has 19 heavy (non-hydrogen) atoms. The Morgan fingerprint density at radius 3 is 2.47 bits per heavy atom. The van der Waals surface area contributed by atoms with Gasteiger partial charge in [0, 0.05) is 12.7 Å².